The predicted molar refractivity (Wildman–Crippen MR) is 112 cm³/mol. The molecule has 0 aliphatic heterocycles. The molecule has 2 aromatic carbocycles. The third-order valence-electron chi connectivity index (χ3n) is 4.52. The SMILES string of the molecule is Cc1nn(CC(=O)Nc2ccc(NC(=O)c3ccco3)cc2)c(=O)c2ccccc12. The van der Waals surface area contributed by atoms with Crippen molar-refractivity contribution in [2.75, 3.05) is 10.6 Å². The number of hydrogen-bond donors (Lipinski definition) is 2. The largest absolute Gasteiger partial charge is 0.459 e. The van der Waals surface area contributed by atoms with Gasteiger partial charge in [-0.05, 0) is 49.4 Å². The van der Waals surface area contributed by atoms with Crippen molar-refractivity contribution in [1.29, 1.82) is 0 Å². The van der Waals surface area contributed by atoms with Crippen molar-refractivity contribution in [2.24, 2.45) is 0 Å². The van der Waals surface area contributed by atoms with E-state index < -0.39 is 0 Å². The van der Waals surface area contributed by atoms with Crippen LogP contribution in [0.25, 0.3) is 10.8 Å². The van der Waals surface area contributed by atoms with E-state index >= 15 is 0 Å². The van der Waals surface area contributed by atoms with E-state index in [0.29, 0.717) is 22.5 Å². The zero-order valence-corrected chi connectivity index (χ0v) is 16.1. The summed E-state index contributed by atoms with van der Waals surface area (Å²) in [5.74, 6) is -0.545. The normalized spacial score (nSPS) is 10.7. The van der Waals surface area contributed by atoms with Crippen LogP contribution in [0, 0.1) is 6.92 Å². The second-order valence-corrected chi connectivity index (χ2v) is 6.65. The van der Waals surface area contributed by atoms with Crippen LogP contribution in [0.3, 0.4) is 0 Å². The van der Waals surface area contributed by atoms with Crippen molar-refractivity contribution in [3.63, 3.8) is 0 Å². The lowest BCUT2D eigenvalue weighted by Gasteiger charge is -2.10. The van der Waals surface area contributed by atoms with E-state index in [0.717, 1.165) is 10.1 Å². The summed E-state index contributed by atoms with van der Waals surface area (Å²) >= 11 is 0. The summed E-state index contributed by atoms with van der Waals surface area (Å²) in [6, 6.07) is 17.0. The molecular formula is C22H18N4O4. The van der Waals surface area contributed by atoms with Crippen LogP contribution >= 0.6 is 0 Å². The molecule has 0 aliphatic carbocycles. The number of aromatic nitrogens is 2. The van der Waals surface area contributed by atoms with Crippen molar-refractivity contribution in [3.05, 3.63) is 88.7 Å². The Hall–Kier alpha value is -4.20. The first-order valence-electron chi connectivity index (χ1n) is 9.22. The number of hydrogen-bond acceptors (Lipinski definition) is 5. The Bertz CT molecular complexity index is 1270. The molecule has 30 heavy (non-hydrogen) atoms. The van der Waals surface area contributed by atoms with Gasteiger partial charge >= 0.3 is 0 Å². The van der Waals surface area contributed by atoms with Crippen molar-refractivity contribution in [2.45, 2.75) is 13.5 Å². The second-order valence-electron chi connectivity index (χ2n) is 6.65. The zero-order valence-electron chi connectivity index (χ0n) is 16.1. The Morgan fingerprint density at radius 3 is 2.27 bits per heavy atom. The Labute approximate surface area is 171 Å². The molecule has 2 aromatic heterocycles. The third-order valence-corrected chi connectivity index (χ3v) is 4.52. The number of furan rings is 1. The molecule has 2 N–H and O–H groups in total. The van der Waals surface area contributed by atoms with Gasteiger partial charge in [-0.2, -0.15) is 5.10 Å². The quantitative estimate of drug-likeness (QED) is 0.533. The lowest BCUT2D eigenvalue weighted by molar-refractivity contribution is -0.117. The maximum atomic E-state index is 12.6. The van der Waals surface area contributed by atoms with Crippen molar-refractivity contribution in [3.8, 4) is 0 Å². The van der Waals surface area contributed by atoms with E-state index in [1.807, 2.05) is 12.1 Å². The molecule has 0 radical (unpaired) electrons. The third kappa shape index (κ3) is 3.97. The first-order chi connectivity index (χ1) is 14.5. The monoisotopic (exact) mass is 402 g/mol. The van der Waals surface area contributed by atoms with Gasteiger partial charge in [0.25, 0.3) is 11.5 Å². The molecule has 0 aliphatic rings. The maximum absolute atomic E-state index is 12.6. The van der Waals surface area contributed by atoms with Gasteiger partial charge in [0.15, 0.2) is 5.76 Å². The standard InChI is InChI=1S/C22H18N4O4/c1-14-17-5-2-3-6-18(17)22(29)26(25-14)13-20(27)23-15-8-10-16(11-9-15)24-21(28)19-7-4-12-30-19/h2-12H,13H2,1H3,(H,23,27)(H,24,28). The fourth-order valence-electron chi connectivity index (χ4n) is 3.09. The molecule has 4 rings (SSSR count). The summed E-state index contributed by atoms with van der Waals surface area (Å²) in [5, 5.41) is 11.0. The summed E-state index contributed by atoms with van der Waals surface area (Å²) in [7, 11) is 0. The first-order valence-corrected chi connectivity index (χ1v) is 9.22. The average Bonchev–Trinajstić information content (AvgIpc) is 3.28. The average molecular weight is 402 g/mol. The molecule has 2 heterocycles. The van der Waals surface area contributed by atoms with Gasteiger partial charge in [-0.25, -0.2) is 4.68 Å². The van der Waals surface area contributed by atoms with Crippen LogP contribution in [0.5, 0.6) is 0 Å². The molecule has 2 amide bonds. The van der Waals surface area contributed by atoms with Crippen LogP contribution in [0.15, 0.2) is 76.1 Å². The van der Waals surface area contributed by atoms with Gasteiger partial charge in [0.05, 0.1) is 17.3 Å². The predicted octanol–water partition coefficient (Wildman–Crippen LogP) is 3.19. The number of rotatable bonds is 5. The lowest BCUT2D eigenvalue weighted by Crippen LogP contribution is -2.30. The smallest absolute Gasteiger partial charge is 0.291 e. The Balaban J connectivity index is 1.43. The highest BCUT2D eigenvalue weighted by Crippen LogP contribution is 2.15. The molecule has 0 atom stereocenters. The number of fused-ring (bicyclic) bond motifs is 1. The molecule has 0 saturated heterocycles. The highest BCUT2D eigenvalue weighted by molar-refractivity contribution is 6.02. The molecule has 0 spiro atoms. The molecule has 4 aromatic rings. The minimum atomic E-state index is -0.383. The Kier molecular flexibility index (Phi) is 5.13. The number of nitrogens with zero attached hydrogens (tertiary/aromatic N) is 2. The maximum Gasteiger partial charge on any atom is 0.291 e. The molecule has 8 heteroatoms. The summed E-state index contributed by atoms with van der Waals surface area (Å²) in [5.41, 5.74) is 1.44. The van der Waals surface area contributed by atoms with Crippen molar-refractivity contribution in [1.82, 2.24) is 9.78 Å². The molecule has 150 valence electrons. The summed E-state index contributed by atoms with van der Waals surface area (Å²) in [6.07, 6.45) is 1.42. The summed E-state index contributed by atoms with van der Waals surface area (Å²) in [6.45, 7) is 1.59. The minimum Gasteiger partial charge on any atom is -0.459 e. The highest BCUT2D eigenvalue weighted by atomic mass is 16.3. The van der Waals surface area contributed by atoms with E-state index in [4.69, 9.17) is 4.42 Å². The Morgan fingerprint density at radius 2 is 1.60 bits per heavy atom. The number of nitrogens with one attached hydrogen (secondary N) is 2. The van der Waals surface area contributed by atoms with E-state index in [-0.39, 0.29) is 29.7 Å². The highest BCUT2D eigenvalue weighted by Gasteiger charge is 2.12. The van der Waals surface area contributed by atoms with Crippen LogP contribution < -0.4 is 16.2 Å². The van der Waals surface area contributed by atoms with E-state index in [1.165, 1.54) is 6.26 Å². The molecule has 8 nitrogen and oxygen atoms in total. The molecule has 0 saturated carbocycles. The number of carbonyl (C=O) groups excluding carboxylic acids is 2. The van der Waals surface area contributed by atoms with Gasteiger partial charge in [0.2, 0.25) is 5.91 Å². The lowest BCUT2D eigenvalue weighted by atomic mass is 10.1. The second kappa shape index (κ2) is 8.04. The van der Waals surface area contributed by atoms with Crippen LogP contribution in [0.1, 0.15) is 16.2 Å². The molecule has 0 bridgehead atoms. The number of benzene rings is 2. The van der Waals surface area contributed by atoms with Crippen LogP contribution in [-0.4, -0.2) is 21.6 Å². The van der Waals surface area contributed by atoms with E-state index in [1.54, 1.807) is 55.5 Å². The number of carbonyl (C=O) groups is 2. The van der Waals surface area contributed by atoms with Gasteiger partial charge in [-0.1, -0.05) is 18.2 Å². The van der Waals surface area contributed by atoms with Gasteiger partial charge in [0.1, 0.15) is 6.54 Å². The van der Waals surface area contributed by atoms with E-state index in [9.17, 15) is 14.4 Å². The summed E-state index contributed by atoms with van der Waals surface area (Å²) < 4.78 is 6.20. The minimum absolute atomic E-state index is 0.205. The van der Waals surface area contributed by atoms with Gasteiger partial charge in [-0.15, -0.1) is 0 Å². The molecular weight excluding hydrogens is 384 g/mol. The van der Waals surface area contributed by atoms with Gasteiger partial charge in [-0.3, -0.25) is 14.4 Å². The van der Waals surface area contributed by atoms with Crippen molar-refractivity contribution >= 4 is 34.0 Å². The van der Waals surface area contributed by atoms with Crippen LogP contribution in [0.4, 0.5) is 11.4 Å². The summed E-state index contributed by atoms with van der Waals surface area (Å²) in [4.78, 5) is 37.0. The van der Waals surface area contributed by atoms with Crippen molar-refractivity contribution < 1.29 is 14.0 Å². The topological polar surface area (TPSA) is 106 Å². The van der Waals surface area contributed by atoms with Gasteiger partial charge < -0.3 is 15.1 Å². The number of anilines is 2. The fraction of sp³-hybridized carbons (Fsp3) is 0.0909. The number of amides is 2. The van der Waals surface area contributed by atoms with Crippen LogP contribution in [0.2, 0.25) is 0 Å². The molecule has 0 unspecified atom stereocenters. The first kappa shape index (κ1) is 19.1. The zero-order chi connectivity index (χ0) is 21.1. The molecule has 0 fully saturated rings. The van der Waals surface area contributed by atoms with E-state index in [2.05, 4.69) is 15.7 Å². The van der Waals surface area contributed by atoms with Crippen LogP contribution in [-0.2, 0) is 11.3 Å². The van der Waals surface area contributed by atoms with Gasteiger partial charge in [0, 0.05) is 16.8 Å². The fourth-order valence-corrected chi connectivity index (χ4v) is 3.09. The Morgan fingerprint density at radius 1 is 0.933 bits per heavy atom. The number of aryl methyl sites for hydroxylation is 1.